The summed E-state index contributed by atoms with van der Waals surface area (Å²) in [5, 5.41) is 11.3. The number of hydrogen-bond acceptors (Lipinski definition) is 3. The molecule has 136 valence electrons. The van der Waals surface area contributed by atoms with Crippen LogP contribution in [0, 0.1) is 13.8 Å². The Morgan fingerprint density at radius 1 is 1.28 bits per heavy atom. The summed E-state index contributed by atoms with van der Waals surface area (Å²) >= 11 is 0. The van der Waals surface area contributed by atoms with Gasteiger partial charge in [-0.15, -0.1) is 24.8 Å². The zero-order valence-corrected chi connectivity index (χ0v) is 15.7. The van der Waals surface area contributed by atoms with E-state index < -0.39 is 6.09 Å². The number of pyridine rings is 1. The SMILES string of the molecule is Cc1nccc(-c2cccc3c2OCCC3CNC(=O)O)c1C.Cl.Cl. The fourth-order valence-electron chi connectivity index (χ4n) is 3.06. The number of halogens is 2. The van der Waals surface area contributed by atoms with Crippen LogP contribution in [0.4, 0.5) is 4.79 Å². The van der Waals surface area contributed by atoms with Gasteiger partial charge in [-0.1, -0.05) is 18.2 Å². The van der Waals surface area contributed by atoms with E-state index in [-0.39, 0.29) is 30.7 Å². The molecular formula is C18H22Cl2N2O3. The van der Waals surface area contributed by atoms with Gasteiger partial charge in [0.1, 0.15) is 5.75 Å². The number of carbonyl (C=O) groups is 1. The van der Waals surface area contributed by atoms with Crippen molar-refractivity contribution in [2.75, 3.05) is 13.2 Å². The largest absolute Gasteiger partial charge is 0.493 e. The van der Waals surface area contributed by atoms with Crippen LogP contribution in [-0.4, -0.2) is 29.3 Å². The molecule has 2 aromatic rings. The molecule has 0 fully saturated rings. The summed E-state index contributed by atoms with van der Waals surface area (Å²) in [5.41, 5.74) is 5.36. The highest BCUT2D eigenvalue weighted by Gasteiger charge is 2.25. The van der Waals surface area contributed by atoms with Crippen molar-refractivity contribution in [3.05, 3.63) is 47.3 Å². The third-order valence-corrected chi connectivity index (χ3v) is 4.44. The van der Waals surface area contributed by atoms with Gasteiger partial charge in [-0.05, 0) is 43.0 Å². The Balaban J connectivity index is 0.00000156. The predicted octanol–water partition coefficient (Wildman–Crippen LogP) is 4.34. The molecule has 0 saturated heterocycles. The molecule has 1 aromatic heterocycles. The van der Waals surface area contributed by atoms with E-state index in [0.29, 0.717) is 13.2 Å². The average Bonchev–Trinajstić information content (AvgIpc) is 2.55. The van der Waals surface area contributed by atoms with Gasteiger partial charge in [-0.3, -0.25) is 4.98 Å². The maximum absolute atomic E-state index is 10.8. The monoisotopic (exact) mass is 384 g/mol. The standard InChI is InChI=1S/C18H20N2O3.2ClH/c1-11-12(2)19-8-6-14(11)16-5-3-4-15-13(10-20-18(21)22)7-9-23-17(15)16;;/h3-6,8,13,20H,7,9-10H2,1-2H3,(H,21,22);2*1H. The van der Waals surface area contributed by atoms with Crippen LogP contribution in [0.15, 0.2) is 30.5 Å². The Morgan fingerprint density at radius 2 is 2.04 bits per heavy atom. The number of fused-ring (bicyclic) bond motifs is 1. The van der Waals surface area contributed by atoms with E-state index in [2.05, 4.69) is 17.2 Å². The predicted molar refractivity (Wildman–Crippen MR) is 103 cm³/mol. The van der Waals surface area contributed by atoms with Crippen LogP contribution in [0.5, 0.6) is 5.75 Å². The summed E-state index contributed by atoms with van der Waals surface area (Å²) < 4.78 is 5.95. The number of aryl methyl sites for hydroxylation is 1. The van der Waals surface area contributed by atoms with Gasteiger partial charge in [0.2, 0.25) is 0 Å². The highest BCUT2D eigenvalue weighted by atomic mass is 35.5. The molecule has 3 rings (SSSR count). The molecule has 0 aliphatic carbocycles. The van der Waals surface area contributed by atoms with E-state index in [1.165, 1.54) is 0 Å². The Kier molecular flexibility index (Phi) is 7.52. The van der Waals surface area contributed by atoms with Crippen molar-refractivity contribution >= 4 is 30.9 Å². The van der Waals surface area contributed by atoms with Gasteiger partial charge in [-0.2, -0.15) is 0 Å². The first kappa shape index (κ1) is 21.1. The molecule has 0 radical (unpaired) electrons. The Bertz CT molecular complexity index is 753. The quantitative estimate of drug-likeness (QED) is 0.825. The number of benzene rings is 1. The molecule has 1 unspecified atom stereocenters. The minimum Gasteiger partial charge on any atom is -0.493 e. The summed E-state index contributed by atoms with van der Waals surface area (Å²) in [6.07, 6.45) is 1.63. The third-order valence-electron chi connectivity index (χ3n) is 4.44. The van der Waals surface area contributed by atoms with Crippen LogP contribution < -0.4 is 10.1 Å². The third kappa shape index (κ3) is 4.35. The van der Waals surface area contributed by atoms with Gasteiger partial charge in [0, 0.05) is 29.9 Å². The van der Waals surface area contributed by atoms with Crippen molar-refractivity contribution in [2.45, 2.75) is 26.2 Å². The molecule has 7 heteroatoms. The molecule has 0 bridgehead atoms. The van der Waals surface area contributed by atoms with E-state index in [0.717, 1.165) is 40.1 Å². The van der Waals surface area contributed by atoms with Gasteiger partial charge in [0.15, 0.2) is 0 Å². The molecule has 2 heterocycles. The van der Waals surface area contributed by atoms with E-state index in [1.54, 1.807) is 0 Å². The van der Waals surface area contributed by atoms with Crippen molar-refractivity contribution in [2.24, 2.45) is 0 Å². The van der Waals surface area contributed by atoms with Crippen LogP contribution >= 0.6 is 24.8 Å². The molecular weight excluding hydrogens is 363 g/mol. The number of nitrogens with zero attached hydrogens (tertiary/aromatic N) is 1. The maximum Gasteiger partial charge on any atom is 0.404 e. The molecule has 1 aliphatic rings. The summed E-state index contributed by atoms with van der Waals surface area (Å²) in [4.78, 5) is 15.1. The second-order valence-corrected chi connectivity index (χ2v) is 5.81. The molecule has 0 spiro atoms. The highest BCUT2D eigenvalue weighted by molar-refractivity contribution is 5.85. The smallest absolute Gasteiger partial charge is 0.404 e. The molecule has 0 saturated carbocycles. The lowest BCUT2D eigenvalue weighted by Gasteiger charge is -2.28. The second-order valence-electron chi connectivity index (χ2n) is 5.81. The first-order chi connectivity index (χ1) is 11.1. The van der Waals surface area contributed by atoms with Crippen molar-refractivity contribution in [1.82, 2.24) is 10.3 Å². The van der Waals surface area contributed by atoms with Crippen molar-refractivity contribution in [3.8, 4) is 16.9 Å². The summed E-state index contributed by atoms with van der Waals surface area (Å²) in [6, 6.07) is 8.08. The van der Waals surface area contributed by atoms with Crippen molar-refractivity contribution in [1.29, 1.82) is 0 Å². The topological polar surface area (TPSA) is 71.5 Å². The van der Waals surface area contributed by atoms with Crippen LogP contribution in [-0.2, 0) is 0 Å². The Hall–Kier alpha value is -1.98. The molecule has 1 amide bonds. The average molecular weight is 385 g/mol. The minimum atomic E-state index is -0.991. The molecule has 1 atom stereocenters. The maximum atomic E-state index is 10.8. The zero-order chi connectivity index (χ0) is 16.4. The van der Waals surface area contributed by atoms with Crippen molar-refractivity contribution in [3.63, 3.8) is 0 Å². The van der Waals surface area contributed by atoms with Crippen LogP contribution in [0.25, 0.3) is 11.1 Å². The lowest BCUT2D eigenvalue weighted by molar-refractivity contribution is 0.191. The number of ether oxygens (including phenoxy) is 1. The lowest BCUT2D eigenvalue weighted by atomic mass is 9.88. The number of aromatic nitrogens is 1. The van der Waals surface area contributed by atoms with E-state index in [9.17, 15) is 4.79 Å². The minimum absolute atomic E-state index is 0. The first-order valence-corrected chi connectivity index (χ1v) is 7.73. The van der Waals surface area contributed by atoms with Gasteiger partial charge in [0.05, 0.1) is 6.61 Å². The van der Waals surface area contributed by atoms with E-state index >= 15 is 0 Å². The number of carboxylic acid groups (broad SMARTS) is 1. The molecule has 25 heavy (non-hydrogen) atoms. The zero-order valence-electron chi connectivity index (χ0n) is 14.1. The lowest BCUT2D eigenvalue weighted by Crippen LogP contribution is -2.29. The first-order valence-electron chi connectivity index (χ1n) is 7.73. The van der Waals surface area contributed by atoms with Gasteiger partial charge >= 0.3 is 6.09 Å². The number of nitrogens with one attached hydrogen (secondary N) is 1. The van der Waals surface area contributed by atoms with E-state index in [1.807, 2.05) is 37.4 Å². The van der Waals surface area contributed by atoms with E-state index in [4.69, 9.17) is 9.84 Å². The molecule has 1 aromatic carbocycles. The number of hydrogen-bond donors (Lipinski definition) is 2. The second kappa shape index (κ2) is 8.92. The fourth-order valence-corrected chi connectivity index (χ4v) is 3.06. The van der Waals surface area contributed by atoms with Crippen LogP contribution in [0.1, 0.15) is 29.2 Å². The number of para-hydroxylation sites is 1. The van der Waals surface area contributed by atoms with Gasteiger partial charge in [0.25, 0.3) is 0 Å². The molecule has 5 nitrogen and oxygen atoms in total. The fraction of sp³-hybridized carbons (Fsp3) is 0.333. The van der Waals surface area contributed by atoms with Crippen LogP contribution in [0.2, 0.25) is 0 Å². The summed E-state index contributed by atoms with van der Waals surface area (Å²) in [7, 11) is 0. The molecule has 2 N–H and O–H groups in total. The Labute approximate surface area is 159 Å². The van der Waals surface area contributed by atoms with Crippen molar-refractivity contribution < 1.29 is 14.6 Å². The molecule has 1 aliphatic heterocycles. The van der Waals surface area contributed by atoms with Gasteiger partial charge in [-0.25, -0.2) is 4.79 Å². The van der Waals surface area contributed by atoms with Gasteiger partial charge < -0.3 is 15.2 Å². The summed E-state index contributed by atoms with van der Waals surface area (Å²) in [6.45, 7) is 5.06. The Morgan fingerprint density at radius 3 is 2.76 bits per heavy atom. The normalized spacial score (nSPS) is 15.0. The number of amides is 1. The van der Waals surface area contributed by atoms with Crippen LogP contribution in [0.3, 0.4) is 0 Å². The highest BCUT2D eigenvalue weighted by Crippen LogP contribution is 2.41. The number of rotatable bonds is 3. The summed E-state index contributed by atoms with van der Waals surface area (Å²) in [5.74, 6) is 1.00.